The molecule has 3 rings (SSSR count). The Morgan fingerprint density at radius 1 is 1.33 bits per heavy atom. The number of nitrogens with zero attached hydrogens (tertiary/aromatic N) is 2. The van der Waals surface area contributed by atoms with E-state index in [1.807, 2.05) is 35.0 Å². The number of imidazole rings is 1. The highest BCUT2D eigenvalue weighted by Crippen LogP contribution is 2.16. The first kappa shape index (κ1) is 13.6. The lowest BCUT2D eigenvalue weighted by atomic mass is 10.3. The van der Waals surface area contributed by atoms with E-state index in [1.165, 1.54) is 0 Å². The Labute approximate surface area is 123 Å². The fourth-order valence-electron chi connectivity index (χ4n) is 2.35. The predicted molar refractivity (Wildman–Crippen MR) is 79.7 cm³/mol. The molecule has 0 aliphatic carbocycles. The molecule has 1 aromatic carbocycles. The number of methoxy groups -OCH3 is 1. The molecule has 0 saturated heterocycles. The lowest BCUT2D eigenvalue weighted by Crippen LogP contribution is -2.18. The van der Waals surface area contributed by atoms with Gasteiger partial charge in [-0.15, -0.1) is 0 Å². The van der Waals surface area contributed by atoms with Gasteiger partial charge in [0.25, 0.3) is 5.91 Å². The molecule has 1 aliphatic rings. The van der Waals surface area contributed by atoms with Gasteiger partial charge in [0.15, 0.2) is 0 Å². The number of hydrogen-bond donors (Lipinski definition) is 2. The summed E-state index contributed by atoms with van der Waals surface area (Å²) in [6, 6.07) is 7.23. The first-order chi connectivity index (χ1) is 10.3. The molecule has 0 atom stereocenters. The van der Waals surface area contributed by atoms with Crippen LogP contribution in [0, 0.1) is 0 Å². The number of rotatable bonds is 3. The standard InChI is InChI=1S/C15H18N4O2/c1-21-12-4-2-11(3-5-12)17-15(20)13-10-19-9-8-16-7-6-14(19)18-13/h2-5,10,16H,6-9H2,1H3,(H,17,20). The van der Waals surface area contributed by atoms with E-state index in [0.717, 1.165) is 43.3 Å². The average molecular weight is 286 g/mol. The van der Waals surface area contributed by atoms with Crippen molar-refractivity contribution < 1.29 is 9.53 Å². The third-order valence-corrected chi connectivity index (χ3v) is 3.49. The van der Waals surface area contributed by atoms with Gasteiger partial charge in [-0.1, -0.05) is 0 Å². The van der Waals surface area contributed by atoms with Crippen LogP contribution in [0.1, 0.15) is 16.3 Å². The number of aromatic nitrogens is 2. The first-order valence-electron chi connectivity index (χ1n) is 6.98. The Morgan fingerprint density at radius 3 is 2.90 bits per heavy atom. The van der Waals surface area contributed by atoms with Crippen molar-refractivity contribution in [3.8, 4) is 5.75 Å². The van der Waals surface area contributed by atoms with Gasteiger partial charge < -0.3 is 19.9 Å². The van der Waals surface area contributed by atoms with Crippen molar-refractivity contribution in [2.45, 2.75) is 13.0 Å². The van der Waals surface area contributed by atoms with Gasteiger partial charge in [0.05, 0.1) is 7.11 Å². The van der Waals surface area contributed by atoms with E-state index < -0.39 is 0 Å². The van der Waals surface area contributed by atoms with E-state index in [9.17, 15) is 4.79 Å². The molecule has 1 aliphatic heterocycles. The molecule has 6 heteroatoms. The quantitative estimate of drug-likeness (QED) is 0.892. The number of carbonyl (C=O) groups is 1. The van der Waals surface area contributed by atoms with Crippen molar-refractivity contribution in [3.63, 3.8) is 0 Å². The van der Waals surface area contributed by atoms with E-state index in [2.05, 4.69) is 15.6 Å². The zero-order chi connectivity index (χ0) is 14.7. The number of carbonyl (C=O) groups excluding carboxylic acids is 1. The van der Waals surface area contributed by atoms with Crippen LogP contribution in [0.15, 0.2) is 30.5 Å². The number of anilines is 1. The van der Waals surface area contributed by atoms with E-state index in [0.29, 0.717) is 5.69 Å². The Morgan fingerprint density at radius 2 is 2.14 bits per heavy atom. The van der Waals surface area contributed by atoms with Crippen molar-refractivity contribution in [2.24, 2.45) is 0 Å². The van der Waals surface area contributed by atoms with Gasteiger partial charge in [-0.3, -0.25) is 4.79 Å². The highest BCUT2D eigenvalue weighted by Gasteiger charge is 2.15. The van der Waals surface area contributed by atoms with Gasteiger partial charge >= 0.3 is 0 Å². The van der Waals surface area contributed by atoms with Crippen molar-refractivity contribution in [3.05, 3.63) is 42.0 Å². The Hall–Kier alpha value is -2.34. The lowest BCUT2D eigenvalue weighted by Gasteiger charge is -2.04. The molecular formula is C15H18N4O2. The highest BCUT2D eigenvalue weighted by molar-refractivity contribution is 6.02. The summed E-state index contributed by atoms with van der Waals surface area (Å²) in [7, 11) is 1.61. The molecule has 1 amide bonds. The minimum absolute atomic E-state index is 0.186. The molecule has 0 saturated carbocycles. The van der Waals surface area contributed by atoms with E-state index in [-0.39, 0.29) is 5.91 Å². The summed E-state index contributed by atoms with van der Waals surface area (Å²) in [6.07, 6.45) is 2.66. The molecule has 21 heavy (non-hydrogen) atoms. The highest BCUT2D eigenvalue weighted by atomic mass is 16.5. The lowest BCUT2D eigenvalue weighted by molar-refractivity contribution is 0.102. The van der Waals surface area contributed by atoms with Crippen LogP contribution < -0.4 is 15.4 Å². The second-order valence-corrected chi connectivity index (χ2v) is 4.92. The summed E-state index contributed by atoms with van der Waals surface area (Å²) >= 11 is 0. The topological polar surface area (TPSA) is 68.2 Å². The Bertz CT molecular complexity index is 610. The molecule has 0 fully saturated rings. The molecule has 0 unspecified atom stereocenters. The molecule has 2 N–H and O–H groups in total. The van der Waals surface area contributed by atoms with Crippen LogP contribution in [0.2, 0.25) is 0 Å². The van der Waals surface area contributed by atoms with Crippen LogP contribution >= 0.6 is 0 Å². The molecule has 2 heterocycles. The van der Waals surface area contributed by atoms with Gasteiger partial charge in [0.1, 0.15) is 17.3 Å². The minimum Gasteiger partial charge on any atom is -0.497 e. The third-order valence-electron chi connectivity index (χ3n) is 3.49. The summed E-state index contributed by atoms with van der Waals surface area (Å²) in [4.78, 5) is 16.7. The predicted octanol–water partition coefficient (Wildman–Crippen LogP) is 1.29. The number of ether oxygens (including phenoxy) is 1. The number of hydrogen-bond acceptors (Lipinski definition) is 4. The van der Waals surface area contributed by atoms with Crippen molar-refractivity contribution in [1.29, 1.82) is 0 Å². The zero-order valence-corrected chi connectivity index (χ0v) is 11.9. The zero-order valence-electron chi connectivity index (χ0n) is 11.9. The summed E-state index contributed by atoms with van der Waals surface area (Å²) < 4.78 is 7.14. The average Bonchev–Trinajstić information content (AvgIpc) is 2.79. The van der Waals surface area contributed by atoms with Gasteiger partial charge in [0.2, 0.25) is 0 Å². The largest absolute Gasteiger partial charge is 0.497 e. The van der Waals surface area contributed by atoms with Gasteiger partial charge in [-0.25, -0.2) is 4.98 Å². The molecule has 0 spiro atoms. The van der Waals surface area contributed by atoms with Gasteiger partial charge in [0, 0.05) is 37.9 Å². The molecule has 110 valence electrons. The van der Waals surface area contributed by atoms with Crippen LogP contribution in [-0.2, 0) is 13.0 Å². The van der Waals surface area contributed by atoms with E-state index >= 15 is 0 Å². The Balaban J connectivity index is 1.72. The molecule has 0 radical (unpaired) electrons. The van der Waals surface area contributed by atoms with E-state index in [4.69, 9.17) is 4.74 Å². The smallest absolute Gasteiger partial charge is 0.275 e. The van der Waals surface area contributed by atoms with Crippen LogP contribution in [0.3, 0.4) is 0 Å². The molecule has 2 aromatic rings. The van der Waals surface area contributed by atoms with Gasteiger partial charge in [-0.05, 0) is 24.3 Å². The Kier molecular flexibility index (Phi) is 3.87. The SMILES string of the molecule is COc1ccc(NC(=O)c2cn3c(n2)CCNCC3)cc1. The minimum atomic E-state index is -0.186. The van der Waals surface area contributed by atoms with Crippen LogP contribution in [0.25, 0.3) is 0 Å². The van der Waals surface area contributed by atoms with Crippen molar-refractivity contribution in [2.75, 3.05) is 25.5 Å². The fourth-order valence-corrected chi connectivity index (χ4v) is 2.35. The summed E-state index contributed by atoms with van der Waals surface area (Å²) in [6.45, 7) is 2.65. The molecule has 1 aromatic heterocycles. The second kappa shape index (κ2) is 5.97. The number of fused-ring (bicyclic) bond motifs is 1. The van der Waals surface area contributed by atoms with Crippen LogP contribution in [-0.4, -0.2) is 35.7 Å². The first-order valence-corrected chi connectivity index (χ1v) is 6.98. The van der Waals surface area contributed by atoms with E-state index in [1.54, 1.807) is 7.11 Å². The second-order valence-electron chi connectivity index (χ2n) is 4.92. The summed E-state index contributed by atoms with van der Waals surface area (Å²) in [5.41, 5.74) is 1.19. The van der Waals surface area contributed by atoms with Gasteiger partial charge in [-0.2, -0.15) is 0 Å². The number of nitrogens with one attached hydrogen (secondary N) is 2. The summed E-state index contributed by atoms with van der Waals surface area (Å²) in [5.74, 6) is 1.53. The molecular weight excluding hydrogens is 268 g/mol. The molecule has 6 nitrogen and oxygen atoms in total. The van der Waals surface area contributed by atoms with Crippen LogP contribution in [0.4, 0.5) is 5.69 Å². The maximum Gasteiger partial charge on any atom is 0.275 e. The third kappa shape index (κ3) is 3.05. The normalized spacial score (nSPS) is 14.1. The van der Waals surface area contributed by atoms with Crippen LogP contribution in [0.5, 0.6) is 5.75 Å². The number of benzene rings is 1. The number of amides is 1. The van der Waals surface area contributed by atoms with Crippen molar-refractivity contribution >= 4 is 11.6 Å². The maximum absolute atomic E-state index is 12.2. The fraction of sp³-hybridized carbons (Fsp3) is 0.333. The van der Waals surface area contributed by atoms with Crippen molar-refractivity contribution in [1.82, 2.24) is 14.9 Å². The monoisotopic (exact) mass is 286 g/mol. The molecule has 0 bridgehead atoms. The maximum atomic E-state index is 12.2. The summed E-state index contributed by atoms with van der Waals surface area (Å²) in [5, 5.41) is 6.15.